The number of rotatable bonds is 5. The van der Waals surface area contributed by atoms with E-state index in [9.17, 15) is 4.79 Å². The number of carbonyl (C=O) groups is 1. The van der Waals surface area contributed by atoms with E-state index in [4.69, 9.17) is 0 Å². The maximum Gasteiger partial charge on any atom is 0.314 e. The van der Waals surface area contributed by atoms with E-state index < -0.39 is 0 Å². The van der Waals surface area contributed by atoms with Crippen molar-refractivity contribution in [2.45, 2.75) is 38.6 Å². The molecule has 0 aromatic heterocycles. The van der Waals surface area contributed by atoms with Gasteiger partial charge in [-0.1, -0.05) is 6.92 Å². The maximum absolute atomic E-state index is 11.1. The second-order valence-corrected chi connectivity index (χ2v) is 3.76. The van der Waals surface area contributed by atoms with E-state index in [1.807, 2.05) is 6.92 Å². The van der Waals surface area contributed by atoms with Gasteiger partial charge in [-0.15, -0.1) is 0 Å². The molecule has 4 heteroatoms. The quantitative estimate of drug-likeness (QED) is 0.614. The normalized spacial score (nSPS) is 20.8. The van der Waals surface area contributed by atoms with Crippen LogP contribution in [0.3, 0.4) is 0 Å². The van der Waals surface area contributed by atoms with Crippen LogP contribution in [0.5, 0.6) is 0 Å². The lowest BCUT2D eigenvalue weighted by Gasteiger charge is -2.11. The van der Waals surface area contributed by atoms with E-state index in [1.54, 1.807) is 0 Å². The van der Waals surface area contributed by atoms with E-state index in [0.717, 1.165) is 32.5 Å². The van der Waals surface area contributed by atoms with Crippen LogP contribution in [0.15, 0.2) is 0 Å². The highest BCUT2D eigenvalue weighted by molar-refractivity contribution is 5.73. The van der Waals surface area contributed by atoms with Crippen LogP contribution in [0.2, 0.25) is 0 Å². The first-order chi connectivity index (χ1) is 6.83. The number of hydrogen-bond donors (Lipinski definition) is 3. The van der Waals surface area contributed by atoms with Crippen LogP contribution < -0.4 is 16.0 Å². The van der Waals surface area contributed by atoms with Gasteiger partial charge in [0.15, 0.2) is 0 Å². The molecule has 0 radical (unpaired) electrons. The summed E-state index contributed by atoms with van der Waals surface area (Å²) in [4.78, 5) is 11.1. The van der Waals surface area contributed by atoms with Crippen molar-refractivity contribution in [3.05, 3.63) is 0 Å². The van der Waals surface area contributed by atoms with Gasteiger partial charge in [0.05, 0.1) is 0 Å². The van der Waals surface area contributed by atoms with E-state index in [1.165, 1.54) is 12.8 Å². The highest BCUT2D eigenvalue weighted by atomic mass is 16.2. The minimum Gasteiger partial charge on any atom is -0.338 e. The van der Waals surface area contributed by atoms with E-state index >= 15 is 0 Å². The number of amides is 2. The first-order valence-corrected chi connectivity index (χ1v) is 5.58. The van der Waals surface area contributed by atoms with Gasteiger partial charge in [0.2, 0.25) is 0 Å². The van der Waals surface area contributed by atoms with Crippen LogP contribution >= 0.6 is 0 Å². The predicted molar refractivity (Wildman–Crippen MR) is 57.3 cm³/mol. The van der Waals surface area contributed by atoms with Crippen LogP contribution in [0.25, 0.3) is 0 Å². The summed E-state index contributed by atoms with van der Waals surface area (Å²) in [7, 11) is 0. The van der Waals surface area contributed by atoms with Crippen LogP contribution in [-0.4, -0.2) is 31.7 Å². The number of hydrogen-bond acceptors (Lipinski definition) is 2. The van der Waals surface area contributed by atoms with Gasteiger partial charge in [-0.3, -0.25) is 0 Å². The fourth-order valence-electron chi connectivity index (χ4n) is 1.66. The predicted octanol–water partition coefficient (Wildman–Crippen LogP) is 0.838. The summed E-state index contributed by atoms with van der Waals surface area (Å²) in [5.41, 5.74) is 0. The average molecular weight is 199 g/mol. The number of nitrogens with one attached hydrogen (secondary N) is 3. The summed E-state index contributed by atoms with van der Waals surface area (Å²) in [6.07, 6.45) is 4.54. The van der Waals surface area contributed by atoms with Crippen molar-refractivity contribution in [1.82, 2.24) is 16.0 Å². The Hall–Kier alpha value is -0.770. The topological polar surface area (TPSA) is 53.2 Å². The molecule has 1 saturated heterocycles. The molecular weight excluding hydrogens is 178 g/mol. The zero-order chi connectivity index (χ0) is 10.2. The first kappa shape index (κ1) is 11.3. The fourth-order valence-corrected chi connectivity index (χ4v) is 1.66. The minimum atomic E-state index is -0.0372. The average Bonchev–Trinajstić information content (AvgIpc) is 2.67. The molecule has 14 heavy (non-hydrogen) atoms. The van der Waals surface area contributed by atoms with Gasteiger partial charge in [0.25, 0.3) is 0 Å². The molecule has 2 amide bonds. The van der Waals surface area contributed by atoms with Crippen molar-refractivity contribution in [1.29, 1.82) is 0 Å². The lowest BCUT2D eigenvalue weighted by molar-refractivity contribution is 0.240. The molecule has 1 atom stereocenters. The monoisotopic (exact) mass is 199 g/mol. The Morgan fingerprint density at radius 2 is 2.21 bits per heavy atom. The molecule has 1 rings (SSSR count). The maximum atomic E-state index is 11.1. The third-order valence-electron chi connectivity index (χ3n) is 2.48. The molecule has 1 aliphatic rings. The van der Waals surface area contributed by atoms with Gasteiger partial charge in [0.1, 0.15) is 0 Å². The molecule has 0 spiro atoms. The first-order valence-electron chi connectivity index (χ1n) is 5.58. The molecule has 1 fully saturated rings. The molecule has 4 nitrogen and oxygen atoms in total. The third-order valence-corrected chi connectivity index (χ3v) is 2.48. The summed E-state index contributed by atoms with van der Waals surface area (Å²) in [5, 5.41) is 9.04. The van der Waals surface area contributed by atoms with Gasteiger partial charge >= 0.3 is 6.03 Å². The van der Waals surface area contributed by atoms with Crippen LogP contribution in [0.1, 0.15) is 32.6 Å². The zero-order valence-electron chi connectivity index (χ0n) is 8.94. The highest BCUT2D eigenvalue weighted by Gasteiger charge is 2.13. The van der Waals surface area contributed by atoms with Crippen molar-refractivity contribution in [3.63, 3.8) is 0 Å². The Morgan fingerprint density at radius 1 is 1.43 bits per heavy atom. The smallest absolute Gasteiger partial charge is 0.314 e. The Labute approximate surface area is 85.8 Å². The van der Waals surface area contributed by atoms with Crippen molar-refractivity contribution >= 4 is 6.03 Å². The van der Waals surface area contributed by atoms with Gasteiger partial charge in [0, 0.05) is 19.1 Å². The van der Waals surface area contributed by atoms with Crippen molar-refractivity contribution in [2.24, 2.45) is 0 Å². The van der Waals surface area contributed by atoms with Crippen LogP contribution in [-0.2, 0) is 0 Å². The fraction of sp³-hybridized carbons (Fsp3) is 0.900. The van der Waals surface area contributed by atoms with Crippen molar-refractivity contribution in [3.8, 4) is 0 Å². The van der Waals surface area contributed by atoms with E-state index in [0.29, 0.717) is 6.04 Å². The zero-order valence-corrected chi connectivity index (χ0v) is 8.94. The van der Waals surface area contributed by atoms with E-state index in [-0.39, 0.29) is 6.03 Å². The Morgan fingerprint density at radius 3 is 2.86 bits per heavy atom. The largest absolute Gasteiger partial charge is 0.338 e. The summed E-state index contributed by atoms with van der Waals surface area (Å²) in [6.45, 7) is 4.70. The lowest BCUT2D eigenvalue weighted by atomic mass is 10.1. The van der Waals surface area contributed by atoms with Crippen LogP contribution in [0.4, 0.5) is 4.79 Å². The Bertz CT molecular complexity index is 167. The molecule has 1 aliphatic heterocycles. The highest BCUT2D eigenvalue weighted by Crippen LogP contribution is 2.07. The Kier molecular flexibility index (Phi) is 5.37. The van der Waals surface area contributed by atoms with Gasteiger partial charge in [-0.05, 0) is 32.2 Å². The number of urea groups is 1. The molecule has 0 aromatic carbocycles. The van der Waals surface area contributed by atoms with Gasteiger partial charge < -0.3 is 16.0 Å². The molecule has 1 unspecified atom stereocenters. The summed E-state index contributed by atoms with van der Waals surface area (Å²) >= 11 is 0. The minimum absolute atomic E-state index is 0.0372. The van der Waals surface area contributed by atoms with Gasteiger partial charge in [-0.2, -0.15) is 0 Å². The molecule has 0 bridgehead atoms. The van der Waals surface area contributed by atoms with Crippen LogP contribution in [0, 0.1) is 0 Å². The molecule has 0 saturated carbocycles. The lowest BCUT2D eigenvalue weighted by Crippen LogP contribution is -2.38. The summed E-state index contributed by atoms with van der Waals surface area (Å²) in [6, 6.07) is 0.575. The summed E-state index contributed by atoms with van der Waals surface area (Å²) in [5.74, 6) is 0. The van der Waals surface area contributed by atoms with Crippen molar-refractivity contribution < 1.29 is 4.79 Å². The second-order valence-electron chi connectivity index (χ2n) is 3.76. The van der Waals surface area contributed by atoms with E-state index in [2.05, 4.69) is 16.0 Å². The number of carbonyl (C=O) groups excluding carboxylic acids is 1. The van der Waals surface area contributed by atoms with Crippen molar-refractivity contribution in [2.75, 3.05) is 19.6 Å². The summed E-state index contributed by atoms with van der Waals surface area (Å²) < 4.78 is 0. The Balaban J connectivity index is 1.94. The SMILES string of the molecule is CCCNC(=O)NCCC1CCCN1. The second kappa shape index (κ2) is 6.65. The molecule has 1 heterocycles. The molecule has 0 aliphatic carbocycles. The molecule has 82 valence electrons. The standard InChI is InChI=1S/C10H21N3O/c1-2-6-12-10(14)13-8-5-9-4-3-7-11-9/h9,11H,2-8H2,1H3,(H2,12,13,14). The molecule has 0 aromatic rings. The third kappa shape index (κ3) is 4.46. The van der Waals surface area contributed by atoms with Gasteiger partial charge in [-0.25, -0.2) is 4.79 Å². The molecule has 3 N–H and O–H groups in total. The molecular formula is C10H21N3O.